The number of hydrogen-bond acceptors (Lipinski definition) is 3. The number of hydrogen-bond donors (Lipinski definition) is 2. The molecule has 0 aromatic heterocycles. The minimum absolute atomic E-state index is 0.0900. The fraction of sp³-hybridized carbons (Fsp3) is 0.133. The summed E-state index contributed by atoms with van der Waals surface area (Å²) in [6.07, 6.45) is 0. The average Bonchev–Trinajstić information content (AvgIpc) is 2.44. The maximum atomic E-state index is 11.8. The summed E-state index contributed by atoms with van der Waals surface area (Å²) in [6.45, 7) is 0.177. The fourth-order valence-corrected chi connectivity index (χ4v) is 2.07. The lowest BCUT2D eigenvalue weighted by Gasteiger charge is -2.09. The fourth-order valence-electron chi connectivity index (χ4n) is 1.70. The summed E-state index contributed by atoms with van der Waals surface area (Å²) in [5.41, 5.74) is 7.49. The zero-order valence-corrected chi connectivity index (χ0v) is 12.6. The van der Waals surface area contributed by atoms with Crippen LogP contribution in [0.1, 0.15) is 5.56 Å². The quantitative estimate of drug-likeness (QED) is 0.823. The molecule has 0 radical (unpaired) electrons. The molecule has 0 fully saturated rings. The molecule has 2 aromatic carbocycles. The minimum atomic E-state index is -0.295. The van der Waals surface area contributed by atoms with Crippen LogP contribution in [0.15, 0.2) is 42.5 Å². The van der Waals surface area contributed by atoms with E-state index in [1.165, 1.54) is 0 Å². The zero-order valence-electron chi connectivity index (χ0n) is 11.1. The number of nitrogens with two attached hydrogens (primary N) is 1. The molecule has 3 N–H and O–H groups in total. The lowest BCUT2D eigenvalue weighted by molar-refractivity contribution is -0.121. The summed E-state index contributed by atoms with van der Waals surface area (Å²) in [5.74, 6) is -0.295. The molecule has 6 heteroatoms. The van der Waals surface area contributed by atoms with Crippen LogP contribution in [-0.2, 0) is 16.1 Å². The number of ether oxygens (including phenoxy) is 1. The molecule has 2 aromatic rings. The van der Waals surface area contributed by atoms with Crippen molar-refractivity contribution in [3.8, 4) is 0 Å². The molecular weight excluding hydrogens is 311 g/mol. The number of carbonyl (C=O) groups excluding carboxylic acids is 1. The summed E-state index contributed by atoms with van der Waals surface area (Å²) in [6, 6.07) is 12.2. The number of amides is 1. The lowest BCUT2D eigenvalue weighted by atomic mass is 10.2. The van der Waals surface area contributed by atoms with Crippen molar-refractivity contribution in [1.82, 2.24) is 0 Å². The SMILES string of the molecule is Nc1cc(Cl)ccc1NC(=O)COCc1ccccc1Cl. The van der Waals surface area contributed by atoms with Gasteiger partial charge in [0.15, 0.2) is 0 Å². The van der Waals surface area contributed by atoms with E-state index in [0.717, 1.165) is 5.56 Å². The molecule has 0 unspecified atom stereocenters. The molecule has 0 heterocycles. The first kappa shape index (κ1) is 15.6. The summed E-state index contributed by atoms with van der Waals surface area (Å²) in [7, 11) is 0. The van der Waals surface area contributed by atoms with E-state index in [9.17, 15) is 4.79 Å². The molecule has 0 bridgehead atoms. The molecule has 0 spiro atoms. The van der Waals surface area contributed by atoms with Gasteiger partial charge in [0.05, 0.1) is 18.0 Å². The van der Waals surface area contributed by atoms with Gasteiger partial charge < -0.3 is 15.8 Å². The van der Waals surface area contributed by atoms with Crippen molar-refractivity contribution in [2.24, 2.45) is 0 Å². The molecule has 0 saturated carbocycles. The average molecular weight is 325 g/mol. The van der Waals surface area contributed by atoms with E-state index in [2.05, 4.69) is 5.32 Å². The van der Waals surface area contributed by atoms with E-state index in [-0.39, 0.29) is 19.1 Å². The topological polar surface area (TPSA) is 64.3 Å². The van der Waals surface area contributed by atoms with Gasteiger partial charge in [0.2, 0.25) is 5.91 Å². The monoisotopic (exact) mass is 324 g/mol. The van der Waals surface area contributed by atoms with Crippen molar-refractivity contribution in [3.05, 3.63) is 58.1 Å². The van der Waals surface area contributed by atoms with Gasteiger partial charge in [-0.15, -0.1) is 0 Å². The second kappa shape index (κ2) is 7.31. The van der Waals surface area contributed by atoms with Crippen molar-refractivity contribution in [1.29, 1.82) is 0 Å². The lowest BCUT2D eigenvalue weighted by Crippen LogP contribution is -2.19. The highest BCUT2D eigenvalue weighted by atomic mass is 35.5. The van der Waals surface area contributed by atoms with E-state index >= 15 is 0 Å². The van der Waals surface area contributed by atoms with E-state index in [0.29, 0.717) is 21.4 Å². The number of nitrogen functional groups attached to an aromatic ring is 1. The highest BCUT2D eigenvalue weighted by Crippen LogP contribution is 2.22. The minimum Gasteiger partial charge on any atom is -0.397 e. The predicted octanol–water partition coefficient (Wildman–Crippen LogP) is 3.73. The largest absolute Gasteiger partial charge is 0.397 e. The Morgan fingerprint density at radius 1 is 1.19 bits per heavy atom. The molecular formula is C15H14Cl2N2O2. The van der Waals surface area contributed by atoms with Gasteiger partial charge in [0, 0.05) is 10.0 Å². The van der Waals surface area contributed by atoms with Crippen molar-refractivity contribution in [2.45, 2.75) is 6.61 Å². The van der Waals surface area contributed by atoms with Gasteiger partial charge in [-0.05, 0) is 29.8 Å². The van der Waals surface area contributed by atoms with Gasteiger partial charge in [-0.1, -0.05) is 41.4 Å². The maximum absolute atomic E-state index is 11.8. The molecule has 0 aliphatic carbocycles. The standard InChI is InChI=1S/C15H14Cl2N2O2/c16-11-5-6-14(13(18)7-11)19-15(20)9-21-8-10-3-1-2-4-12(10)17/h1-7H,8-9,18H2,(H,19,20). The van der Waals surface area contributed by atoms with Gasteiger partial charge in [0.25, 0.3) is 0 Å². The predicted molar refractivity (Wildman–Crippen MR) is 85.6 cm³/mol. The Morgan fingerprint density at radius 2 is 1.95 bits per heavy atom. The molecule has 0 aliphatic heterocycles. The van der Waals surface area contributed by atoms with Crippen LogP contribution >= 0.6 is 23.2 Å². The summed E-state index contributed by atoms with van der Waals surface area (Å²) in [5, 5.41) is 3.78. The zero-order chi connectivity index (χ0) is 15.2. The second-order valence-corrected chi connectivity index (χ2v) is 5.21. The van der Waals surface area contributed by atoms with E-state index in [1.54, 1.807) is 24.3 Å². The van der Waals surface area contributed by atoms with Gasteiger partial charge in [-0.2, -0.15) is 0 Å². The third kappa shape index (κ3) is 4.63. The van der Waals surface area contributed by atoms with Crippen molar-refractivity contribution >= 4 is 40.5 Å². The van der Waals surface area contributed by atoms with Crippen LogP contribution in [0.3, 0.4) is 0 Å². The van der Waals surface area contributed by atoms with E-state index in [4.69, 9.17) is 33.7 Å². The number of carbonyl (C=O) groups is 1. The van der Waals surface area contributed by atoms with Crippen molar-refractivity contribution in [2.75, 3.05) is 17.7 Å². The number of benzene rings is 2. The number of nitrogens with one attached hydrogen (secondary N) is 1. The highest BCUT2D eigenvalue weighted by molar-refractivity contribution is 6.31. The number of rotatable bonds is 5. The Balaban J connectivity index is 1.84. The first-order chi connectivity index (χ1) is 10.1. The molecule has 0 atom stereocenters. The van der Waals surface area contributed by atoms with Gasteiger partial charge in [0.1, 0.15) is 6.61 Å². The summed E-state index contributed by atoms with van der Waals surface area (Å²) >= 11 is 11.8. The summed E-state index contributed by atoms with van der Waals surface area (Å²) < 4.78 is 5.33. The molecule has 0 aliphatic rings. The van der Waals surface area contributed by atoms with Gasteiger partial charge in [-0.3, -0.25) is 4.79 Å². The third-order valence-corrected chi connectivity index (χ3v) is 3.34. The van der Waals surface area contributed by atoms with Gasteiger partial charge in [-0.25, -0.2) is 0 Å². The first-order valence-electron chi connectivity index (χ1n) is 6.22. The maximum Gasteiger partial charge on any atom is 0.250 e. The number of halogens is 2. The van der Waals surface area contributed by atoms with Crippen LogP contribution in [0, 0.1) is 0 Å². The van der Waals surface area contributed by atoms with Crippen LogP contribution in [0.2, 0.25) is 10.0 Å². The van der Waals surface area contributed by atoms with E-state index < -0.39 is 0 Å². The first-order valence-corrected chi connectivity index (χ1v) is 6.98. The van der Waals surface area contributed by atoms with Crippen molar-refractivity contribution in [3.63, 3.8) is 0 Å². The Bertz CT molecular complexity index is 647. The molecule has 0 saturated heterocycles. The Kier molecular flexibility index (Phi) is 5.44. The molecule has 21 heavy (non-hydrogen) atoms. The van der Waals surface area contributed by atoms with Crippen LogP contribution < -0.4 is 11.1 Å². The van der Waals surface area contributed by atoms with E-state index in [1.807, 2.05) is 18.2 Å². The van der Waals surface area contributed by atoms with Crippen LogP contribution in [0.25, 0.3) is 0 Å². The van der Waals surface area contributed by atoms with Crippen LogP contribution in [0.4, 0.5) is 11.4 Å². The molecule has 2 rings (SSSR count). The summed E-state index contributed by atoms with van der Waals surface area (Å²) in [4.78, 5) is 11.8. The third-order valence-electron chi connectivity index (χ3n) is 2.74. The molecule has 110 valence electrons. The smallest absolute Gasteiger partial charge is 0.250 e. The van der Waals surface area contributed by atoms with Gasteiger partial charge >= 0.3 is 0 Å². The number of anilines is 2. The molecule has 4 nitrogen and oxygen atoms in total. The normalized spacial score (nSPS) is 10.4. The highest BCUT2D eigenvalue weighted by Gasteiger charge is 2.07. The van der Waals surface area contributed by atoms with Crippen molar-refractivity contribution < 1.29 is 9.53 Å². The molecule has 1 amide bonds. The van der Waals surface area contributed by atoms with Crippen LogP contribution in [-0.4, -0.2) is 12.5 Å². The second-order valence-electron chi connectivity index (χ2n) is 4.36. The van der Waals surface area contributed by atoms with Crippen LogP contribution in [0.5, 0.6) is 0 Å². The Hall–Kier alpha value is -1.75. The Morgan fingerprint density at radius 3 is 2.67 bits per heavy atom. The Labute approximate surface area is 132 Å².